The molecular weight excluding hydrogens is 196 g/mol. The van der Waals surface area contributed by atoms with Crippen molar-refractivity contribution in [3.05, 3.63) is 48.2 Å². The first-order valence-corrected chi connectivity index (χ1v) is 5.49. The number of rotatable bonds is 2. The van der Waals surface area contributed by atoms with Gasteiger partial charge in [0.2, 0.25) is 0 Å². The zero-order valence-corrected chi connectivity index (χ0v) is 9.64. The normalized spacial score (nSPS) is 10.7. The lowest BCUT2D eigenvalue weighted by Gasteiger charge is -2.09. The molecule has 2 rings (SSSR count). The Hall–Kier alpha value is -1.83. The number of aromatic nitrogens is 1. The van der Waals surface area contributed by atoms with E-state index in [4.69, 9.17) is 5.73 Å². The quantitative estimate of drug-likeness (QED) is 0.828. The van der Waals surface area contributed by atoms with Crippen LogP contribution in [-0.2, 0) is 0 Å². The van der Waals surface area contributed by atoms with Crippen LogP contribution in [0, 0.1) is 0 Å². The van der Waals surface area contributed by atoms with E-state index in [2.05, 4.69) is 37.0 Å². The number of hydrogen-bond donors (Lipinski definition) is 1. The van der Waals surface area contributed by atoms with Gasteiger partial charge in [0.1, 0.15) is 5.82 Å². The molecule has 0 spiro atoms. The summed E-state index contributed by atoms with van der Waals surface area (Å²) >= 11 is 0. The predicted octanol–water partition coefficient (Wildman–Crippen LogP) is 3.45. The largest absolute Gasteiger partial charge is 0.384 e. The molecule has 2 aromatic rings. The minimum absolute atomic E-state index is 0.394. The molecule has 0 aliphatic rings. The Morgan fingerprint density at radius 2 is 1.69 bits per heavy atom. The Bertz CT molecular complexity index is 475. The maximum Gasteiger partial charge on any atom is 0.124 e. The molecule has 82 valence electrons. The standard InChI is InChI=1S/C14H16N2/c1-10(2)13-8-12(9-14(15)16-13)11-6-4-3-5-7-11/h3-10H,1-2H3,(H2,15,16). The number of anilines is 1. The van der Waals surface area contributed by atoms with Crippen LogP contribution >= 0.6 is 0 Å². The van der Waals surface area contributed by atoms with Gasteiger partial charge in [0.05, 0.1) is 0 Å². The van der Waals surface area contributed by atoms with Crippen molar-refractivity contribution in [3.63, 3.8) is 0 Å². The van der Waals surface area contributed by atoms with Crippen LogP contribution < -0.4 is 5.73 Å². The molecule has 2 N–H and O–H groups in total. The Kier molecular flexibility index (Phi) is 2.91. The minimum atomic E-state index is 0.394. The highest BCUT2D eigenvalue weighted by Crippen LogP contribution is 2.24. The molecule has 0 saturated carbocycles. The SMILES string of the molecule is CC(C)c1cc(-c2ccccc2)cc(N)n1. The lowest BCUT2D eigenvalue weighted by atomic mass is 10.0. The summed E-state index contributed by atoms with van der Waals surface area (Å²) in [5.41, 5.74) is 9.18. The first-order chi connectivity index (χ1) is 7.66. The van der Waals surface area contributed by atoms with E-state index < -0.39 is 0 Å². The van der Waals surface area contributed by atoms with Crippen molar-refractivity contribution in [3.8, 4) is 11.1 Å². The van der Waals surface area contributed by atoms with Gasteiger partial charge in [-0.05, 0) is 29.2 Å². The topological polar surface area (TPSA) is 38.9 Å². The van der Waals surface area contributed by atoms with Gasteiger partial charge < -0.3 is 5.73 Å². The molecule has 0 aliphatic heterocycles. The number of nitrogens with zero attached hydrogens (tertiary/aromatic N) is 1. The average molecular weight is 212 g/mol. The van der Waals surface area contributed by atoms with Crippen LogP contribution in [0.4, 0.5) is 5.82 Å². The third-order valence-corrected chi connectivity index (χ3v) is 2.56. The molecule has 1 aromatic heterocycles. The van der Waals surface area contributed by atoms with Crippen LogP contribution in [0.25, 0.3) is 11.1 Å². The zero-order chi connectivity index (χ0) is 11.5. The van der Waals surface area contributed by atoms with E-state index in [1.165, 1.54) is 5.56 Å². The van der Waals surface area contributed by atoms with Crippen LogP contribution in [0.2, 0.25) is 0 Å². The highest BCUT2D eigenvalue weighted by atomic mass is 14.8. The summed E-state index contributed by atoms with van der Waals surface area (Å²) in [4.78, 5) is 4.34. The van der Waals surface area contributed by atoms with Crippen molar-refractivity contribution in [2.24, 2.45) is 0 Å². The third-order valence-electron chi connectivity index (χ3n) is 2.56. The maximum atomic E-state index is 5.82. The molecule has 0 aliphatic carbocycles. The number of hydrogen-bond acceptors (Lipinski definition) is 2. The summed E-state index contributed by atoms with van der Waals surface area (Å²) in [5.74, 6) is 0.982. The van der Waals surface area contributed by atoms with Gasteiger partial charge in [-0.15, -0.1) is 0 Å². The molecule has 1 aromatic carbocycles. The molecule has 0 bridgehead atoms. The van der Waals surface area contributed by atoms with E-state index in [-0.39, 0.29) is 0 Å². The van der Waals surface area contributed by atoms with Gasteiger partial charge >= 0.3 is 0 Å². The molecule has 0 atom stereocenters. The van der Waals surface area contributed by atoms with Gasteiger partial charge in [-0.2, -0.15) is 0 Å². The molecule has 2 heteroatoms. The van der Waals surface area contributed by atoms with Crippen molar-refractivity contribution in [2.75, 3.05) is 5.73 Å². The van der Waals surface area contributed by atoms with Crippen LogP contribution in [0.5, 0.6) is 0 Å². The molecule has 0 unspecified atom stereocenters. The van der Waals surface area contributed by atoms with Crippen LogP contribution in [0.3, 0.4) is 0 Å². The van der Waals surface area contributed by atoms with Gasteiger partial charge in [-0.3, -0.25) is 0 Å². The summed E-state index contributed by atoms with van der Waals surface area (Å²) in [6.45, 7) is 4.24. The van der Waals surface area contributed by atoms with E-state index in [0.29, 0.717) is 11.7 Å². The summed E-state index contributed by atoms with van der Waals surface area (Å²) in [6, 6.07) is 14.3. The molecule has 1 heterocycles. The summed E-state index contributed by atoms with van der Waals surface area (Å²) < 4.78 is 0. The Morgan fingerprint density at radius 1 is 1.00 bits per heavy atom. The summed E-state index contributed by atoms with van der Waals surface area (Å²) in [7, 11) is 0. The first kappa shape index (κ1) is 10.7. The highest BCUT2D eigenvalue weighted by Gasteiger charge is 2.05. The van der Waals surface area contributed by atoms with E-state index >= 15 is 0 Å². The molecule has 0 fully saturated rings. The summed E-state index contributed by atoms with van der Waals surface area (Å²) in [6.07, 6.45) is 0. The smallest absolute Gasteiger partial charge is 0.124 e. The Labute approximate surface area is 96.1 Å². The van der Waals surface area contributed by atoms with E-state index in [1.54, 1.807) is 0 Å². The fourth-order valence-corrected chi connectivity index (χ4v) is 1.67. The lowest BCUT2D eigenvalue weighted by Crippen LogP contribution is -1.98. The summed E-state index contributed by atoms with van der Waals surface area (Å²) in [5, 5.41) is 0. The van der Waals surface area contributed by atoms with Crippen molar-refractivity contribution in [2.45, 2.75) is 19.8 Å². The van der Waals surface area contributed by atoms with E-state index in [0.717, 1.165) is 11.3 Å². The van der Waals surface area contributed by atoms with Gasteiger partial charge in [0.25, 0.3) is 0 Å². The Morgan fingerprint density at radius 3 is 2.31 bits per heavy atom. The van der Waals surface area contributed by atoms with Gasteiger partial charge in [0, 0.05) is 5.69 Å². The monoisotopic (exact) mass is 212 g/mol. The second kappa shape index (κ2) is 4.35. The highest BCUT2D eigenvalue weighted by molar-refractivity contribution is 5.66. The molecule has 0 saturated heterocycles. The molecular formula is C14H16N2. The van der Waals surface area contributed by atoms with Crippen molar-refractivity contribution in [1.29, 1.82) is 0 Å². The lowest BCUT2D eigenvalue weighted by molar-refractivity contribution is 0.826. The van der Waals surface area contributed by atoms with Gasteiger partial charge in [0.15, 0.2) is 0 Å². The first-order valence-electron chi connectivity index (χ1n) is 5.49. The molecule has 0 amide bonds. The number of benzene rings is 1. The molecule has 16 heavy (non-hydrogen) atoms. The Balaban J connectivity index is 2.50. The molecule has 0 radical (unpaired) electrons. The average Bonchev–Trinajstić information content (AvgIpc) is 2.29. The van der Waals surface area contributed by atoms with Gasteiger partial charge in [-0.1, -0.05) is 44.2 Å². The second-order valence-electron chi connectivity index (χ2n) is 4.23. The van der Waals surface area contributed by atoms with E-state index in [9.17, 15) is 0 Å². The number of pyridine rings is 1. The van der Waals surface area contributed by atoms with Crippen molar-refractivity contribution in [1.82, 2.24) is 4.98 Å². The molecule has 2 nitrogen and oxygen atoms in total. The second-order valence-corrected chi connectivity index (χ2v) is 4.23. The fourth-order valence-electron chi connectivity index (χ4n) is 1.67. The van der Waals surface area contributed by atoms with Crippen LogP contribution in [0.15, 0.2) is 42.5 Å². The van der Waals surface area contributed by atoms with E-state index in [1.807, 2.05) is 24.3 Å². The van der Waals surface area contributed by atoms with Crippen LogP contribution in [-0.4, -0.2) is 4.98 Å². The third kappa shape index (κ3) is 2.22. The van der Waals surface area contributed by atoms with Crippen LogP contribution in [0.1, 0.15) is 25.5 Å². The van der Waals surface area contributed by atoms with Gasteiger partial charge in [-0.25, -0.2) is 4.98 Å². The number of nitrogen functional groups attached to an aromatic ring is 1. The predicted molar refractivity (Wildman–Crippen MR) is 68.2 cm³/mol. The van der Waals surface area contributed by atoms with Crippen molar-refractivity contribution < 1.29 is 0 Å². The zero-order valence-electron chi connectivity index (χ0n) is 9.64. The maximum absolute atomic E-state index is 5.82. The fraction of sp³-hybridized carbons (Fsp3) is 0.214. The minimum Gasteiger partial charge on any atom is -0.384 e. The number of nitrogens with two attached hydrogens (primary N) is 1. The van der Waals surface area contributed by atoms with Crippen molar-refractivity contribution >= 4 is 5.82 Å².